The first kappa shape index (κ1) is 11.8. The van der Waals surface area contributed by atoms with Crippen LogP contribution < -0.4 is 0 Å². The SMILES string of the molecule is C/C(=N\N(C)C)c1cc(C)c(C)cc1C. The standard InChI is InChI=1S/C13H20N2/c1-9-7-11(3)13(8-10(9)2)12(4)14-15(5)6/h7-8H,1-6H3/b14-12+. The average molecular weight is 204 g/mol. The third kappa shape index (κ3) is 2.82. The van der Waals surface area contributed by atoms with Gasteiger partial charge in [0, 0.05) is 19.7 Å². The number of hydrogen-bond donors (Lipinski definition) is 0. The molecule has 0 bridgehead atoms. The highest BCUT2D eigenvalue weighted by Gasteiger charge is 2.05. The molecule has 0 radical (unpaired) electrons. The fraction of sp³-hybridized carbons (Fsp3) is 0.462. The van der Waals surface area contributed by atoms with Crippen LogP contribution in [0.1, 0.15) is 29.2 Å². The van der Waals surface area contributed by atoms with Gasteiger partial charge in [-0.15, -0.1) is 0 Å². The Labute approximate surface area is 92.6 Å². The molecule has 2 heteroatoms. The maximum Gasteiger partial charge on any atom is 0.0649 e. The Bertz CT molecular complexity index is 390. The molecule has 1 aromatic rings. The molecule has 1 rings (SSSR count). The summed E-state index contributed by atoms with van der Waals surface area (Å²) in [4.78, 5) is 0. The predicted molar refractivity (Wildman–Crippen MR) is 66.6 cm³/mol. The Morgan fingerprint density at radius 1 is 1.00 bits per heavy atom. The van der Waals surface area contributed by atoms with Gasteiger partial charge in [-0.05, 0) is 50.5 Å². The van der Waals surface area contributed by atoms with Gasteiger partial charge < -0.3 is 5.01 Å². The highest BCUT2D eigenvalue weighted by molar-refractivity contribution is 6.00. The molecule has 0 spiro atoms. The van der Waals surface area contributed by atoms with Crippen molar-refractivity contribution in [3.8, 4) is 0 Å². The minimum Gasteiger partial charge on any atom is -0.303 e. The smallest absolute Gasteiger partial charge is 0.0649 e. The van der Waals surface area contributed by atoms with Gasteiger partial charge in [-0.1, -0.05) is 6.07 Å². The molecule has 0 aliphatic heterocycles. The molecule has 0 amide bonds. The van der Waals surface area contributed by atoms with Crippen molar-refractivity contribution in [1.82, 2.24) is 5.01 Å². The fourth-order valence-corrected chi connectivity index (χ4v) is 1.70. The molecule has 0 saturated heterocycles. The summed E-state index contributed by atoms with van der Waals surface area (Å²) in [6.07, 6.45) is 0. The number of hydrazone groups is 1. The van der Waals surface area contributed by atoms with Crippen LogP contribution in [0.4, 0.5) is 0 Å². The van der Waals surface area contributed by atoms with Crippen molar-refractivity contribution in [2.45, 2.75) is 27.7 Å². The largest absolute Gasteiger partial charge is 0.303 e. The van der Waals surface area contributed by atoms with Crippen LogP contribution in [0.15, 0.2) is 17.2 Å². The van der Waals surface area contributed by atoms with Crippen LogP contribution in [-0.2, 0) is 0 Å². The molecule has 0 fully saturated rings. The molecule has 0 aliphatic carbocycles. The van der Waals surface area contributed by atoms with E-state index >= 15 is 0 Å². The van der Waals surface area contributed by atoms with Crippen molar-refractivity contribution in [1.29, 1.82) is 0 Å². The molecule has 15 heavy (non-hydrogen) atoms. The summed E-state index contributed by atoms with van der Waals surface area (Å²) < 4.78 is 0. The molecule has 1 aromatic carbocycles. The third-order valence-electron chi connectivity index (χ3n) is 2.58. The van der Waals surface area contributed by atoms with Crippen LogP contribution in [0.2, 0.25) is 0 Å². The molecule has 2 nitrogen and oxygen atoms in total. The highest BCUT2D eigenvalue weighted by Crippen LogP contribution is 2.16. The highest BCUT2D eigenvalue weighted by atomic mass is 15.4. The van der Waals surface area contributed by atoms with Gasteiger partial charge in [0.05, 0.1) is 5.71 Å². The van der Waals surface area contributed by atoms with Crippen LogP contribution in [-0.4, -0.2) is 24.8 Å². The van der Waals surface area contributed by atoms with Gasteiger partial charge in [-0.25, -0.2) is 0 Å². The zero-order valence-electron chi connectivity index (χ0n) is 10.5. The third-order valence-corrected chi connectivity index (χ3v) is 2.58. The van der Waals surface area contributed by atoms with Crippen molar-refractivity contribution in [3.63, 3.8) is 0 Å². The molecule has 0 N–H and O–H groups in total. The van der Waals surface area contributed by atoms with E-state index < -0.39 is 0 Å². The molecular formula is C13H20N2. The van der Waals surface area contributed by atoms with Crippen molar-refractivity contribution in [2.24, 2.45) is 5.10 Å². The van der Waals surface area contributed by atoms with Crippen LogP contribution >= 0.6 is 0 Å². The van der Waals surface area contributed by atoms with Gasteiger partial charge in [0.25, 0.3) is 0 Å². The van der Waals surface area contributed by atoms with Crippen LogP contribution in [0, 0.1) is 20.8 Å². The molecule has 0 heterocycles. The van der Waals surface area contributed by atoms with E-state index in [1.54, 1.807) is 0 Å². The summed E-state index contributed by atoms with van der Waals surface area (Å²) in [7, 11) is 3.89. The number of aryl methyl sites for hydroxylation is 3. The first-order chi connectivity index (χ1) is 6.91. The normalized spacial score (nSPS) is 11.7. The van der Waals surface area contributed by atoms with Gasteiger partial charge in [-0.2, -0.15) is 5.10 Å². The fourth-order valence-electron chi connectivity index (χ4n) is 1.70. The second-order valence-electron chi connectivity index (χ2n) is 4.28. The van der Waals surface area contributed by atoms with E-state index in [2.05, 4.69) is 44.9 Å². The minimum atomic E-state index is 1.07. The number of hydrogen-bond acceptors (Lipinski definition) is 2. The second kappa shape index (κ2) is 4.47. The first-order valence-electron chi connectivity index (χ1n) is 5.22. The lowest BCUT2D eigenvalue weighted by molar-refractivity contribution is 0.438. The summed E-state index contributed by atoms with van der Waals surface area (Å²) in [6.45, 7) is 8.47. The number of rotatable bonds is 2. The molecule has 0 atom stereocenters. The molecule has 0 aromatic heterocycles. The summed E-state index contributed by atoms with van der Waals surface area (Å²) in [6, 6.07) is 4.44. The quantitative estimate of drug-likeness (QED) is 0.534. The van der Waals surface area contributed by atoms with E-state index in [-0.39, 0.29) is 0 Å². The zero-order chi connectivity index (χ0) is 11.6. The van der Waals surface area contributed by atoms with Crippen molar-refractivity contribution >= 4 is 5.71 Å². The Kier molecular flexibility index (Phi) is 3.51. The van der Waals surface area contributed by atoms with Gasteiger partial charge >= 0.3 is 0 Å². The zero-order valence-corrected chi connectivity index (χ0v) is 10.5. The van der Waals surface area contributed by atoms with E-state index in [1.807, 2.05) is 19.1 Å². The maximum absolute atomic E-state index is 4.43. The summed E-state index contributed by atoms with van der Waals surface area (Å²) in [5.41, 5.74) is 6.27. The maximum atomic E-state index is 4.43. The second-order valence-corrected chi connectivity index (χ2v) is 4.28. The first-order valence-corrected chi connectivity index (χ1v) is 5.22. The number of nitrogens with zero attached hydrogens (tertiary/aromatic N) is 2. The van der Waals surface area contributed by atoms with Gasteiger partial charge in [0.15, 0.2) is 0 Å². The summed E-state index contributed by atoms with van der Waals surface area (Å²) in [5.74, 6) is 0. The molecule has 82 valence electrons. The van der Waals surface area contributed by atoms with Crippen LogP contribution in [0.3, 0.4) is 0 Å². The Morgan fingerprint density at radius 3 is 2.07 bits per heavy atom. The molecular weight excluding hydrogens is 184 g/mol. The lowest BCUT2D eigenvalue weighted by atomic mass is 9.98. The van der Waals surface area contributed by atoms with Gasteiger partial charge in [-0.3, -0.25) is 0 Å². The van der Waals surface area contributed by atoms with Crippen molar-refractivity contribution in [2.75, 3.05) is 14.1 Å². The summed E-state index contributed by atoms with van der Waals surface area (Å²) in [5, 5.41) is 6.27. The van der Waals surface area contributed by atoms with Crippen molar-refractivity contribution in [3.05, 3.63) is 34.4 Å². The Balaban J connectivity index is 3.21. The van der Waals surface area contributed by atoms with Gasteiger partial charge in [0.1, 0.15) is 0 Å². The Hall–Kier alpha value is -1.31. The van der Waals surface area contributed by atoms with Crippen molar-refractivity contribution < 1.29 is 0 Å². The van der Waals surface area contributed by atoms with E-state index in [9.17, 15) is 0 Å². The number of benzene rings is 1. The topological polar surface area (TPSA) is 15.6 Å². The van der Waals surface area contributed by atoms with Crippen LogP contribution in [0.5, 0.6) is 0 Å². The lowest BCUT2D eigenvalue weighted by Gasteiger charge is -2.12. The van der Waals surface area contributed by atoms with E-state index in [0.717, 1.165) is 5.71 Å². The average Bonchev–Trinajstić information content (AvgIpc) is 2.09. The van der Waals surface area contributed by atoms with E-state index in [1.165, 1.54) is 22.3 Å². The molecule has 0 saturated carbocycles. The monoisotopic (exact) mass is 204 g/mol. The minimum absolute atomic E-state index is 1.07. The van der Waals surface area contributed by atoms with E-state index in [0.29, 0.717) is 0 Å². The lowest BCUT2D eigenvalue weighted by Crippen LogP contribution is -2.08. The predicted octanol–water partition coefficient (Wildman–Crippen LogP) is 2.90. The molecule has 0 unspecified atom stereocenters. The molecule has 0 aliphatic rings. The van der Waals surface area contributed by atoms with E-state index in [4.69, 9.17) is 0 Å². The summed E-state index contributed by atoms with van der Waals surface area (Å²) >= 11 is 0. The van der Waals surface area contributed by atoms with Crippen LogP contribution in [0.25, 0.3) is 0 Å². The Morgan fingerprint density at radius 2 is 1.53 bits per heavy atom. The van der Waals surface area contributed by atoms with Gasteiger partial charge in [0.2, 0.25) is 0 Å².